The molecule has 7 nitrogen and oxygen atoms in total. The maximum absolute atomic E-state index is 12.6. The molecule has 1 amide bonds. The van der Waals surface area contributed by atoms with Gasteiger partial charge in [-0.25, -0.2) is 8.42 Å². The van der Waals surface area contributed by atoms with Crippen molar-refractivity contribution in [2.24, 2.45) is 0 Å². The van der Waals surface area contributed by atoms with Crippen LogP contribution >= 0.6 is 0 Å². The van der Waals surface area contributed by atoms with Gasteiger partial charge in [-0.1, -0.05) is 37.3 Å². The number of rotatable bonds is 10. The molecule has 180 valence electrons. The van der Waals surface area contributed by atoms with Crippen LogP contribution in [0.5, 0.6) is 11.5 Å². The van der Waals surface area contributed by atoms with Gasteiger partial charge in [-0.15, -0.1) is 0 Å². The predicted octanol–water partition coefficient (Wildman–Crippen LogP) is 3.98. The number of amides is 1. The first-order chi connectivity index (χ1) is 16.5. The zero-order valence-corrected chi connectivity index (χ0v) is 20.1. The summed E-state index contributed by atoms with van der Waals surface area (Å²) in [5, 5.41) is 5.02. The van der Waals surface area contributed by atoms with Gasteiger partial charge >= 0.3 is 0 Å². The summed E-state index contributed by atoms with van der Waals surface area (Å²) in [4.78, 5) is 12.8. The number of carbonyl (C=O) groups is 1. The first-order valence-electron chi connectivity index (χ1n) is 11.6. The second-order valence-corrected chi connectivity index (χ2v) is 10.2. The van der Waals surface area contributed by atoms with Crippen molar-refractivity contribution in [3.05, 3.63) is 66.7 Å². The zero-order chi connectivity index (χ0) is 24.0. The minimum Gasteiger partial charge on any atom is -0.492 e. The Labute approximate surface area is 200 Å². The molecule has 3 aromatic carbocycles. The zero-order valence-electron chi connectivity index (χ0n) is 19.3. The molecule has 1 aliphatic heterocycles. The molecule has 0 radical (unpaired) electrons. The number of carbonyl (C=O) groups excluding carboxylic acids is 1. The van der Waals surface area contributed by atoms with Gasteiger partial charge in [0.1, 0.15) is 18.1 Å². The molecule has 0 aliphatic carbocycles. The van der Waals surface area contributed by atoms with Crippen LogP contribution in [-0.4, -0.2) is 51.0 Å². The molecule has 1 saturated heterocycles. The topological polar surface area (TPSA) is 84.9 Å². The van der Waals surface area contributed by atoms with E-state index in [1.807, 2.05) is 49.4 Å². The molecule has 1 heterocycles. The molecule has 34 heavy (non-hydrogen) atoms. The average molecular weight is 483 g/mol. The van der Waals surface area contributed by atoms with E-state index < -0.39 is 16.1 Å². The van der Waals surface area contributed by atoms with Gasteiger partial charge in [0.25, 0.3) is 5.91 Å². The predicted molar refractivity (Wildman–Crippen MR) is 132 cm³/mol. The van der Waals surface area contributed by atoms with Crippen molar-refractivity contribution < 1.29 is 22.7 Å². The standard InChI is InChI=1S/C26H30N2O5S/c1-2-25(33-23-10-9-20-7-3-4-8-21(20)19-23)26(29)27-15-18-32-22-11-13-24(14-12-22)34(30,31)28-16-5-6-17-28/h3-4,7-14,19,25H,2,5-6,15-18H2,1H3,(H,27,29). The Morgan fingerprint density at radius 2 is 1.65 bits per heavy atom. The van der Waals surface area contributed by atoms with E-state index in [4.69, 9.17) is 9.47 Å². The third-order valence-electron chi connectivity index (χ3n) is 5.86. The van der Waals surface area contributed by atoms with Crippen LogP contribution in [0.4, 0.5) is 0 Å². The summed E-state index contributed by atoms with van der Waals surface area (Å²) in [6.45, 7) is 3.62. The van der Waals surface area contributed by atoms with E-state index in [2.05, 4.69) is 5.32 Å². The van der Waals surface area contributed by atoms with Crippen molar-refractivity contribution in [3.63, 3.8) is 0 Å². The van der Waals surface area contributed by atoms with Crippen LogP contribution < -0.4 is 14.8 Å². The smallest absolute Gasteiger partial charge is 0.261 e. The molecule has 0 saturated carbocycles. The lowest BCUT2D eigenvalue weighted by Gasteiger charge is -2.18. The molecule has 0 spiro atoms. The van der Waals surface area contributed by atoms with E-state index in [0.29, 0.717) is 37.6 Å². The van der Waals surface area contributed by atoms with E-state index in [1.165, 1.54) is 4.31 Å². The van der Waals surface area contributed by atoms with Crippen LogP contribution in [0.3, 0.4) is 0 Å². The van der Waals surface area contributed by atoms with Gasteiger partial charge in [0, 0.05) is 13.1 Å². The Morgan fingerprint density at radius 3 is 2.35 bits per heavy atom. The quantitative estimate of drug-likeness (QED) is 0.442. The largest absolute Gasteiger partial charge is 0.492 e. The fourth-order valence-electron chi connectivity index (χ4n) is 3.97. The molecule has 1 N–H and O–H groups in total. The molecule has 3 aromatic rings. The van der Waals surface area contributed by atoms with Crippen molar-refractivity contribution in [2.45, 2.75) is 37.2 Å². The first-order valence-corrected chi connectivity index (χ1v) is 13.1. The lowest BCUT2D eigenvalue weighted by molar-refractivity contribution is -0.128. The number of hydrogen-bond acceptors (Lipinski definition) is 5. The van der Waals surface area contributed by atoms with Gasteiger partial charge in [-0.3, -0.25) is 4.79 Å². The first kappa shape index (κ1) is 24.0. The highest BCUT2D eigenvalue weighted by Crippen LogP contribution is 2.23. The third kappa shape index (κ3) is 5.69. The van der Waals surface area contributed by atoms with Crippen molar-refractivity contribution in [3.8, 4) is 11.5 Å². The number of ether oxygens (including phenoxy) is 2. The molecule has 1 fully saturated rings. The Kier molecular flexibility index (Phi) is 7.70. The molecule has 8 heteroatoms. The number of nitrogens with one attached hydrogen (secondary N) is 1. The third-order valence-corrected chi connectivity index (χ3v) is 7.77. The van der Waals surface area contributed by atoms with Gasteiger partial charge in [-0.05, 0) is 66.4 Å². The summed E-state index contributed by atoms with van der Waals surface area (Å²) in [5.74, 6) is 1.00. The summed E-state index contributed by atoms with van der Waals surface area (Å²) in [6.07, 6.45) is 1.74. The van der Waals surface area contributed by atoms with Gasteiger partial charge < -0.3 is 14.8 Å². The number of nitrogens with zero attached hydrogens (tertiary/aromatic N) is 1. The van der Waals surface area contributed by atoms with Gasteiger partial charge in [-0.2, -0.15) is 4.31 Å². The number of sulfonamides is 1. The van der Waals surface area contributed by atoms with Gasteiger partial charge in [0.05, 0.1) is 11.4 Å². The maximum Gasteiger partial charge on any atom is 0.261 e. The molecular weight excluding hydrogens is 452 g/mol. The normalized spacial score (nSPS) is 15.2. The van der Waals surface area contributed by atoms with Crippen molar-refractivity contribution in [2.75, 3.05) is 26.2 Å². The van der Waals surface area contributed by atoms with Crippen LogP contribution in [0.15, 0.2) is 71.6 Å². The highest BCUT2D eigenvalue weighted by atomic mass is 32.2. The van der Waals surface area contributed by atoms with Crippen LogP contribution in [0.2, 0.25) is 0 Å². The number of hydrogen-bond donors (Lipinski definition) is 1. The Bertz CT molecular complexity index is 1220. The minimum absolute atomic E-state index is 0.202. The van der Waals surface area contributed by atoms with Gasteiger partial charge in [0.15, 0.2) is 6.10 Å². The lowest BCUT2D eigenvalue weighted by Crippen LogP contribution is -2.39. The van der Waals surface area contributed by atoms with Crippen LogP contribution in [0, 0.1) is 0 Å². The summed E-state index contributed by atoms with van der Waals surface area (Å²) in [5.41, 5.74) is 0. The monoisotopic (exact) mass is 482 g/mol. The number of benzene rings is 3. The number of fused-ring (bicyclic) bond motifs is 1. The SMILES string of the molecule is CCC(Oc1ccc2ccccc2c1)C(=O)NCCOc1ccc(S(=O)(=O)N2CCCC2)cc1. The molecule has 1 aliphatic rings. The molecule has 0 aromatic heterocycles. The summed E-state index contributed by atoms with van der Waals surface area (Å²) >= 11 is 0. The fraction of sp³-hybridized carbons (Fsp3) is 0.346. The van der Waals surface area contributed by atoms with E-state index in [1.54, 1.807) is 24.3 Å². The summed E-state index contributed by atoms with van der Waals surface area (Å²) in [6, 6.07) is 20.2. The molecule has 1 unspecified atom stereocenters. The lowest BCUT2D eigenvalue weighted by atomic mass is 10.1. The maximum atomic E-state index is 12.6. The summed E-state index contributed by atoms with van der Waals surface area (Å²) in [7, 11) is -3.44. The Hall–Kier alpha value is -3.10. The minimum atomic E-state index is -3.44. The Morgan fingerprint density at radius 1 is 0.971 bits per heavy atom. The Balaban J connectivity index is 1.25. The van der Waals surface area contributed by atoms with E-state index in [0.717, 1.165) is 23.6 Å². The molecule has 0 bridgehead atoms. The average Bonchev–Trinajstić information content (AvgIpc) is 3.41. The molecular formula is C26H30N2O5S. The molecule has 4 rings (SSSR count). The second-order valence-electron chi connectivity index (χ2n) is 8.25. The van der Waals surface area contributed by atoms with Crippen molar-refractivity contribution in [1.82, 2.24) is 9.62 Å². The van der Waals surface area contributed by atoms with E-state index in [-0.39, 0.29) is 17.4 Å². The summed E-state index contributed by atoms with van der Waals surface area (Å²) < 4.78 is 38.3. The van der Waals surface area contributed by atoms with Crippen LogP contribution in [-0.2, 0) is 14.8 Å². The second kappa shape index (κ2) is 10.9. The van der Waals surface area contributed by atoms with Crippen LogP contribution in [0.25, 0.3) is 10.8 Å². The molecule has 1 atom stereocenters. The van der Waals surface area contributed by atoms with E-state index in [9.17, 15) is 13.2 Å². The highest BCUT2D eigenvalue weighted by Gasteiger charge is 2.27. The highest BCUT2D eigenvalue weighted by molar-refractivity contribution is 7.89. The van der Waals surface area contributed by atoms with Gasteiger partial charge in [0.2, 0.25) is 10.0 Å². The van der Waals surface area contributed by atoms with Crippen molar-refractivity contribution >= 4 is 26.7 Å². The van der Waals surface area contributed by atoms with Crippen molar-refractivity contribution in [1.29, 1.82) is 0 Å². The fourth-order valence-corrected chi connectivity index (χ4v) is 5.49. The van der Waals surface area contributed by atoms with E-state index >= 15 is 0 Å². The van der Waals surface area contributed by atoms with Crippen LogP contribution in [0.1, 0.15) is 26.2 Å².